The average Bonchev–Trinajstić information content (AvgIpc) is 3.01. The first-order valence-electron chi connectivity index (χ1n) is 7.90. The highest BCUT2D eigenvalue weighted by atomic mass is 32.1. The van der Waals surface area contributed by atoms with Crippen LogP contribution in [-0.2, 0) is 6.42 Å². The van der Waals surface area contributed by atoms with E-state index in [9.17, 15) is 0 Å². The minimum absolute atomic E-state index is 0.446. The number of hydrogen-bond donors (Lipinski definition) is 2. The molecular formula is C16H28N4S. The smallest absolute Gasteiger partial charge is 0.191 e. The van der Waals surface area contributed by atoms with E-state index in [1.165, 1.54) is 35.6 Å². The summed E-state index contributed by atoms with van der Waals surface area (Å²) in [5, 5.41) is 8.07. The van der Waals surface area contributed by atoms with Crippen LogP contribution in [0, 0.1) is 19.3 Å². The Bertz CT molecular complexity index is 467. The van der Waals surface area contributed by atoms with E-state index in [0.717, 1.165) is 31.2 Å². The third-order valence-electron chi connectivity index (χ3n) is 4.42. The molecule has 0 atom stereocenters. The molecule has 1 aliphatic rings. The van der Waals surface area contributed by atoms with E-state index in [-0.39, 0.29) is 0 Å². The highest BCUT2D eigenvalue weighted by Crippen LogP contribution is 2.36. The van der Waals surface area contributed by atoms with E-state index in [2.05, 4.69) is 41.4 Å². The van der Waals surface area contributed by atoms with Crippen molar-refractivity contribution in [1.82, 2.24) is 15.6 Å². The summed E-state index contributed by atoms with van der Waals surface area (Å²) in [5.74, 6) is 0.910. The molecule has 0 bridgehead atoms. The molecule has 0 spiro atoms. The van der Waals surface area contributed by atoms with Gasteiger partial charge >= 0.3 is 0 Å². The SMILES string of the molecule is CN=C(NCCc1nc(C)c(C)s1)NCC1(C)CCCC1. The molecule has 1 aromatic rings. The van der Waals surface area contributed by atoms with Crippen molar-refractivity contribution in [3.05, 3.63) is 15.6 Å². The lowest BCUT2D eigenvalue weighted by atomic mass is 9.89. The van der Waals surface area contributed by atoms with Crippen LogP contribution >= 0.6 is 11.3 Å². The summed E-state index contributed by atoms with van der Waals surface area (Å²) in [4.78, 5) is 10.2. The molecule has 0 aliphatic heterocycles. The van der Waals surface area contributed by atoms with Gasteiger partial charge in [0.15, 0.2) is 5.96 Å². The van der Waals surface area contributed by atoms with Gasteiger partial charge in [-0.3, -0.25) is 4.99 Å². The Morgan fingerprint density at radius 2 is 2.00 bits per heavy atom. The van der Waals surface area contributed by atoms with E-state index in [1.807, 2.05) is 7.05 Å². The molecule has 1 heterocycles. The van der Waals surface area contributed by atoms with Crippen LogP contribution < -0.4 is 10.6 Å². The number of nitrogens with one attached hydrogen (secondary N) is 2. The monoisotopic (exact) mass is 308 g/mol. The first-order chi connectivity index (χ1) is 10.0. The van der Waals surface area contributed by atoms with E-state index < -0.39 is 0 Å². The van der Waals surface area contributed by atoms with Crippen molar-refractivity contribution in [1.29, 1.82) is 0 Å². The second-order valence-corrected chi connectivity index (χ2v) is 7.66. The summed E-state index contributed by atoms with van der Waals surface area (Å²) in [7, 11) is 1.84. The number of hydrogen-bond acceptors (Lipinski definition) is 3. The van der Waals surface area contributed by atoms with Gasteiger partial charge < -0.3 is 10.6 Å². The quantitative estimate of drug-likeness (QED) is 0.649. The van der Waals surface area contributed by atoms with Crippen LogP contribution in [0.5, 0.6) is 0 Å². The molecule has 0 amide bonds. The van der Waals surface area contributed by atoms with Gasteiger partial charge in [0.1, 0.15) is 0 Å². The molecule has 0 unspecified atom stereocenters. The predicted molar refractivity (Wildman–Crippen MR) is 91.2 cm³/mol. The topological polar surface area (TPSA) is 49.3 Å². The van der Waals surface area contributed by atoms with Crippen LogP contribution in [0.3, 0.4) is 0 Å². The number of nitrogens with zero attached hydrogens (tertiary/aromatic N) is 2. The summed E-state index contributed by atoms with van der Waals surface area (Å²) in [6.07, 6.45) is 6.35. The Balaban J connectivity index is 1.72. The van der Waals surface area contributed by atoms with E-state index in [1.54, 1.807) is 11.3 Å². The van der Waals surface area contributed by atoms with Crippen LogP contribution in [0.25, 0.3) is 0 Å². The van der Waals surface area contributed by atoms with E-state index >= 15 is 0 Å². The molecule has 21 heavy (non-hydrogen) atoms. The maximum atomic E-state index is 4.57. The Labute approximate surface area is 132 Å². The standard InChI is InChI=1S/C16H28N4S/c1-12-13(2)21-14(20-12)7-10-18-15(17-4)19-11-16(3)8-5-6-9-16/h5-11H2,1-4H3,(H2,17,18,19). The maximum Gasteiger partial charge on any atom is 0.191 e. The molecule has 118 valence electrons. The Hall–Kier alpha value is -1.10. The fourth-order valence-electron chi connectivity index (χ4n) is 2.86. The minimum Gasteiger partial charge on any atom is -0.356 e. The van der Waals surface area contributed by atoms with Crippen molar-refractivity contribution < 1.29 is 0 Å². The fourth-order valence-corrected chi connectivity index (χ4v) is 3.79. The molecule has 5 heteroatoms. The Morgan fingerprint density at radius 3 is 2.57 bits per heavy atom. The lowest BCUT2D eigenvalue weighted by Crippen LogP contribution is -2.42. The second kappa shape index (κ2) is 7.25. The van der Waals surface area contributed by atoms with Crippen LogP contribution in [0.4, 0.5) is 0 Å². The van der Waals surface area contributed by atoms with Crippen LogP contribution in [0.2, 0.25) is 0 Å². The highest BCUT2D eigenvalue weighted by Gasteiger charge is 2.28. The van der Waals surface area contributed by atoms with Crippen molar-refractivity contribution in [3.8, 4) is 0 Å². The Kier molecular flexibility index (Phi) is 5.62. The first-order valence-corrected chi connectivity index (χ1v) is 8.71. The zero-order chi connectivity index (χ0) is 15.3. The number of rotatable bonds is 5. The molecule has 1 aromatic heterocycles. The molecule has 4 nitrogen and oxygen atoms in total. The van der Waals surface area contributed by atoms with Gasteiger partial charge in [0.2, 0.25) is 0 Å². The van der Waals surface area contributed by atoms with Gasteiger partial charge in [0.25, 0.3) is 0 Å². The normalized spacial score (nSPS) is 18.0. The highest BCUT2D eigenvalue weighted by molar-refractivity contribution is 7.11. The van der Waals surface area contributed by atoms with Gasteiger partial charge in [-0.15, -0.1) is 11.3 Å². The fraction of sp³-hybridized carbons (Fsp3) is 0.750. The summed E-state index contributed by atoms with van der Waals surface area (Å²) in [5.41, 5.74) is 1.60. The molecule has 1 fully saturated rings. The lowest BCUT2D eigenvalue weighted by Gasteiger charge is -2.25. The van der Waals surface area contributed by atoms with Gasteiger partial charge in [-0.25, -0.2) is 4.98 Å². The third-order valence-corrected chi connectivity index (χ3v) is 5.55. The molecular weight excluding hydrogens is 280 g/mol. The molecule has 1 saturated carbocycles. The maximum absolute atomic E-state index is 4.57. The van der Waals surface area contributed by atoms with Gasteiger partial charge in [-0.2, -0.15) is 0 Å². The summed E-state index contributed by atoms with van der Waals surface area (Å²) >= 11 is 1.80. The van der Waals surface area contributed by atoms with E-state index in [4.69, 9.17) is 0 Å². The minimum atomic E-state index is 0.446. The average molecular weight is 308 g/mol. The molecule has 1 aliphatic carbocycles. The van der Waals surface area contributed by atoms with Crippen molar-refractivity contribution in [2.45, 2.75) is 52.9 Å². The van der Waals surface area contributed by atoms with Crippen LogP contribution in [-0.4, -0.2) is 31.1 Å². The predicted octanol–water partition coefficient (Wildman–Crippen LogP) is 3.05. The molecule has 0 radical (unpaired) electrons. The summed E-state index contributed by atoms with van der Waals surface area (Å²) in [6, 6.07) is 0. The molecule has 2 N–H and O–H groups in total. The van der Waals surface area contributed by atoms with Gasteiger partial charge in [0.05, 0.1) is 10.7 Å². The molecule has 2 rings (SSSR count). The van der Waals surface area contributed by atoms with Gasteiger partial charge in [-0.05, 0) is 32.1 Å². The Morgan fingerprint density at radius 1 is 1.29 bits per heavy atom. The van der Waals surface area contributed by atoms with Crippen LogP contribution in [0.1, 0.15) is 48.2 Å². The van der Waals surface area contributed by atoms with Gasteiger partial charge in [0, 0.05) is 31.4 Å². The summed E-state index contributed by atoms with van der Waals surface area (Å²) in [6.45, 7) is 8.48. The zero-order valence-electron chi connectivity index (χ0n) is 13.8. The number of thiazole rings is 1. The zero-order valence-corrected chi connectivity index (χ0v) is 14.6. The van der Waals surface area contributed by atoms with Crippen molar-refractivity contribution in [3.63, 3.8) is 0 Å². The summed E-state index contributed by atoms with van der Waals surface area (Å²) < 4.78 is 0. The second-order valence-electron chi connectivity index (χ2n) is 6.37. The third kappa shape index (κ3) is 4.70. The lowest BCUT2D eigenvalue weighted by molar-refractivity contribution is 0.334. The number of aliphatic imine (C=N–C) groups is 1. The van der Waals surface area contributed by atoms with E-state index in [0.29, 0.717) is 5.41 Å². The first kappa shape index (κ1) is 16.3. The number of aromatic nitrogens is 1. The van der Waals surface area contributed by atoms with Crippen molar-refractivity contribution in [2.24, 2.45) is 10.4 Å². The largest absolute Gasteiger partial charge is 0.356 e. The molecule has 0 aromatic carbocycles. The molecule has 0 saturated heterocycles. The number of aryl methyl sites for hydroxylation is 2. The van der Waals surface area contributed by atoms with Gasteiger partial charge in [-0.1, -0.05) is 19.8 Å². The van der Waals surface area contributed by atoms with Crippen molar-refractivity contribution in [2.75, 3.05) is 20.1 Å². The van der Waals surface area contributed by atoms with Crippen LogP contribution in [0.15, 0.2) is 4.99 Å². The van der Waals surface area contributed by atoms with Crippen molar-refractivity contribution >= 4 is 17.3 Å². The number of guanidine groups is 1.